The number of halogens is 1. The maximum Gasteiger partial charge on any atom is 0.226 e. The number of amides is 1. The monoisotopic (exact) mass is 265 g/mol. The minimum atomic E-state index is -0.0934. The maximum absolute atomic E-state index is 12.1. The maximum atomic E-state index is 12.1. The highest BCUT2D eigenvalue weighted by atomic mass is 35.5. The number of methoxy groups -OCH3 is 1. The summed E-state index contributed by atoms with van der Waals surface area (Å²) in [5.41, 5.74) is 0. The third kappa shape index (κ3) is 3.82. The second-order valence-corrected chi connectivity index (χ2v) is 5.56. The summed E-state index contributed by atoms with van der Waals surface area (Å²) in [5, 5.41) is 0. The van der Waals surface area contributed by atoms with E-state index in [4.69, 9.17) is 16.3 Å². The molecule has 5 heteroatoms. The zero-order chi connectivity index (χ0) is 12.0. The van der Waals surface area contributed by atoms with Gasteiger partial charge in [-0.1, -0.05) is 6.92 Å². The lowest BCUT2D eigenvalue weighted by atomic mass is 10.1. The van der Waals surface area contributed by atoms with Gasteiger partial charge >= 0.3 is 0 Å². The van der Waals surface area contributed by atoms with E-state index in [1.54, 1.807) is 7.11 Å². The molecule has 0 N–H and O–H groups in total. The van der Waals surface area contributed by atoms with Crippen LogP contribution in [0.15, 0.2) is 0 Å². The molecule has 0 aliphatic carbocycles. The number of hydrogen-bond donors (Lipinski definition) is 0. The summed E-state index contributed by atoms with van der Waals surface area (Å²) in [4.78, 5) is 14.1. The van der Waals surface area contributed by atoms with Crippen molar-refractivity contribution in [3.63, 3.8) is 0 Å². The summed E-state index contributed by atoms with van der Waals surface area (Å²) in [6, 6.07) is 0.373. The first-order valence-electron chi connectivity index (χ1n) is 5.63. The van der Waals surface area contributed by atoms with Crippen LogP contribution in [-0.4, -0.2) is 54.5 Å². The Morgan fingerprint density at radius 2 is 2.44 bits per heavy atom. The van der Waals surface area contributed by atoms with Gasteiger partial charge in [0.05, 0.1) is 6.61 Å². The van der Waals surface area contributed by atoms with Crippen LogP contribution >= 0.6 is 23.4 Å². The van der Waals surface area contributed by atoms with Gasteiger partial charge in [-0.3, -0.25) is 4.79 Å². The molecule has 1 amide bonds. The van der Waals surface area contributed by atoms with Gasteiger partial charge in [0.15, 0.2) is 0 Å². The molecule has 0 aromatic heterocycles. The predicted molar refractivity (Wildman–Crippen MR) is 69.2 cm³/mol. The lowest BCUT2D eigenvalue weighted by molar-refractivity contribution is -0.136. The molecular weight excluding hydrogens is 246 g/mol. The number of ether oxygens (including phenoxy) is 1. The van der Waals surface area contributed by atoms with Crippen LogP contribution in [0.1, 0.15) is 13.3 Å². The number of rotatable bonds is 6. The topological polar surface area (TPSA) is 29.5 Å². The van der Waals surface area contributed by atoms with Crippen molar-refractivity contribution in [1.82, 2.24) is 4.90 Å². The van der Waals surface area contributed by atoms with E-state index in [1.165, 1.54) is 0 Å². The summed E-state index contributed by atoms with van der Waals surface area (Å²) in [6.07, 6.45) is 1.09. The molecule has 0 saturated carbocycles. The molecule has 16 heavy (non-hydrogen) atoms. The van der Waals surface area contributed by atoms with Crippen molar-refractivity contribution in [3.05, 3.63) is 0 Å². The van der Waals surface area contributed by atoms with E-state index in [0.29, 0.717) is 25.1 Å². The molecule has 2 unspecified atom stereocenters. The van der Waals surface area contributed by atoms with Crippen molar-refractivity contribution in [2.75, 3.05) is 37.6 Å². The van der Waals surface area contributed by atoms with Crippen LogP contribution in [0.25, 0.3) is 0 Å². The Hall–Kier alpha value is 0.0700. The van der Waals surface area contributed by atoms with Crippen molar-refractivity contribution in [1.29, 1.82) is 0 Å². The number of hydrogen-bond acceptors (Lipinski definition) is 3. The molecule has 3 nitrogen and oxygen atoms in total. The molecule has 0 aromatic rings. The number of carbonyl (C=O) groups is 1. The Morgan fingerprint density at radius 3 is 2.94 bits per heavy atom. The second-order valence-electron chi connectivity index (χ2n) is 4.10. The van der Waals surface area contributed by atoms with Crippen LogP contribution in [0.5, 0.6) is 0 Å². The van der Waals surface area contributed by atoms with Crippen molar-refractivity contribution < 1.29 is 9.53 Å². The summed E-state index contributed by atoms with van der Waals surface area (Å²) >= 11 is 7.66. The molecule has 1 aliphatic heterocycles. The standard InChI is InChI=1S/C11H20ClNO2S/c1-9(7-12)11(14)13(4-5-15-2)10-3-6-16-8-10/h9-10H,3-8H2,1-2H3. The molecule has 0 bridgehead atoms. The quantitative estimate of drug-likeness (QED) is 0.687. The van der Waals surface area contributed by atoms with Gasteiger partial charge in [0.1, 0.15) is 0 Å². The van der Waals surface area contributed by atoms with Crippen molar-refractivity contribution in [2.24, 2.45) is 5.92 Å². The number of alkyl halides is 1. The van der Waals surface area contributed by atoms with Gasteiger partial charge in [0, 0.05) is 37.2 Å². The van der Waals surface area contributed by atoms with Gasteiger partial charge < -0.3 is 9.64 Å². The van der Waals surface area contributed by atoms with E-state index < -0.39 is 0 Å². The summed E-state index contributed by atoms with van der Waals surface area (Å²) in [6.45, 7) is 3.17. The van der Waals surface area contributed by atoms with Gasteiger partial charge in [-0.2, -0.15) is 11.8 Å². The fourth-order valence-electron chi connectivity index (χ4n) is 1.78. The first-order chi connectivity index (χ1) is 7.70. The average molecular weight is 266 g/mol. The normalized spacial score (nSPS) is 22.1. The van der Waals surface area contributed by atoms with Crippen molar-refractivity contribution in [3.8, 4) is 0 Å². The first-order valence-corrected chi connectivity index (χ1v) is 7.32. The molecule has 94 valence electrons. The summed E-state index contributed by atoms with van der Waals surface area (Å²) < 4.78 is 5.06. The van der Waals surface area contributed by atoms with E-state index in [9.17, 15) is 4.79 Å². The first kappa shape index (κ1) is 14.1. The van der Waals surface area contributed by atoms with Crippen molar-refractivity contribution >= 4 is 29.3 Å². The lowest BCUT2D eigenvalue weighted by Gasteiger charge is -2.30. The zero-order valence-corrected chi connectivity index (χ0v) is 11.5. The molecular formula is C11H20ClNO2S. The molecule has 0 spiro atoms. The third-order valence-corrected chi connectivity index (χ3v) is 4.43. The molecule has 1 fully saturated rings. The highest BCUT2D eigenvalue weighted by Gasteiger charge is 2.29. The van der Waals surface area contributed by atoms with Crippen LogP contribution in [0.3, 0.4) is 0 Å². The predicted octanol–water partition coefficient (Wildman–Crippen LogP) is 1.84. The van der Waals surface area contributed by atoms with Crippen LogP contribution in [-0.2, 0) is 9.53 Å². The molecule has 1 heterocycles. The minimum absolute atomic E-state index is 0.0934. The zero-order valence-electron chi connectivity index (χ0n) is 9.95. The molecule has 2 atom stereocenters. The van der Waals surface area contributed by atoms with Crippen LogP contribution in [0.2, 0.25) is 0 Å². The second kappa shape index (κ2) is 7.41. The molecule has 0 radical (unpaired) electrons. The Kier molecular flexibility index (Phi) is 6.54. The highest BCUT2D eigenvalue weighted by Crippen LogP contribution is 2.23. The molecule has 1 aliphatic rings. The van der Waals surface area contributed by atoms with Gasteiger partial charge in [-0.25, -0.2) is 0 Å². The smallest absolute Gasteiger partial charge is 0.226 e. The van der Waals surface area contributed by atoms with Gasteiger partial charge in [0.2, 0.25) is 5.91 Å². The van der Waals surface area contributed by atoms with Gasteiger partial charge in [0.25, 0.3) is 0 Å². The third-order valence-electron chi connectivity index (χ3n) is 2.82. The van der Waals surface area contributed by atoms with E-state index >= 15 is 0 Å². The molecule has 1 saturated heterocycles. The average Bonchev–Trinajstić information content (AvgIpc) is 2.82. The highest BCUT2D eigenvalue weighted by molar-refractivity contribution is 7.99. The minimum Gasteiger partial charge on any atom is -0.383 e. The van der Waals surface area contributed by atoms with Gasteiger partial charge in [-0.15, -0.1) is 11.6 Å². The Bertz CT molecular complexity index is 222. The van der Waals surface area contributed by atoms with Crippen LogP contribution in [0.4, 0.5) is 0 Å². The van der Waals surface area contributed by atoms with E-state index in [1.807, 2.05) is 23.6 Å². The van der Waals surface area contributed by atoms with E-state index in [-0.39, 0.29) is 11.8 Å². The van der Waals surface area contributed by atoms with E-state index in [0.717, 1.165) is 17.9 Å². The summed E-state index contributed by atoms with van der Waals surface area (Å²) in [5.74, 6) is 2.66. The molecule has 1 rings (SSSR count). The molecule has 0 aromatic carbocycles. The van der Waals surface area contributed by atoms with Gasteiger partial charge in [-0.05, 0) is 12.2 Å². The fraction of sp³-hybridized carbons (Fsp3) is 0.909. The number of thioether (sulfide) groups is 1. The Balaban J connectivity index is 2.57. The Morgan fingerprint density at radius 1 is 1.69 bits per heavy atom. The van der Waals surface area contributed by atoms with Crippen LogP contribution < -0.4 is 0 Å². The fourth-order valence-corrected chi connectivity index (χ4v) is 3.14. The largest absolute Gasteiger partial charge is 0.383 e. The number of nitrogens with zero attached hydrogens (tertiary/aromatic N) is 1. The van der Waals surface area contributed by atoms with Crippen LogP contribution in [0, 0.1) is 5.92 Å². The Labute approximate surface area is 107 Å². The van der Waals surface area contributed by atoms with Crippen molar-refractivity contribution in [2.45, 2.75) is 19.4 Å². The SMILES string of the molecule is COCCN(C(=O)C(C)CCl)C1CCSC1. The number of carbonyl (C=O) groups excluding carboxylic acids is 1. The lowest BCUT2D eigenvalue weighted by Crippen LogP contribution is -2.45. The van der Waals surface area contributed by atoms with E-state index in [2.05, 4.69) is 0 Å². The summed E-state index contributed by atoms with van der Waals surface area (Å²) in [7, 11) is 1.66.